The molecule has 0 aromatic heterocycles. The molecule has 0 unspecified atom stereocenters. The van der Waals surface area contributed by atoms with Crippen LogP contribution in [-0.4, -0.2) is 22.8 Å². The summed E-state index contributed by atoms with van der Waals surface area (Å²) in [6, 6.07) is 16.1. The fraction of sp³-hybridized carbons (Fsp3) is 0.333. The number of halogens is 5. The lowest BCUT2D eigenvalue weighted by molar-refractivity contribution is 1.11. The van der Waals surface area contributed by atoms with Crippen molar-refractivity contribution in [2.24, 2.45) is 0 Å². The first-order valence-electron chi connectivity index (χ1n) is 7.54. The van der Waals surface area contributed by atoms with Crippen LogP contribution in [0.4, 0.5) is 0 Å². The lowest BCUT2D eigenvalue weighted by Gasteiger charge is -1.99. The van der Waals surface area contributed by atoms with E-state index in [9.17, 15) is 0 Å². The van der Waals surface area contributed by atoms with Crippen molar-refractivity contribution in [3.8, 4) is 0 Å². The lowest BCUT2D eigenvalue weighted by atomic mass is 10.4. The topological polar surface area (TPSA) is 0 Å². The van der Waals surface area contributed by atoms with Gasteiger partial charge in [0.05, 0.1) is 0 Å². The van der Waals surface area contributed by atoms with Gasteiger partial charge in [-0.2, -0.15) is 0 Å². The summed E-state index contributed by atoms with van der Waals surface area (Å²) in [4.78, 5) is 2.30. The molecule has 0 nitrogen and oxygen atoms in total. The Kier molecular flexibility index (Phi) is 19.4. The minimum Gasteiger partial charge on any atom is -0.143 e. The van der Waals surface area contributed by atoms with Gasteiger partial charge in [0, 0.05) is 35.8 Å². The number of benzene rings is 2. The molecular formula is C18H21Br3Cl2S2. The number of thiol groups is 1. The molecular weight excluding hydrogens is 591 g/mol. The second-order valence-corrected chi connectivity index (χ2v) is 9.62. The molecule has 2 aromatic carbocycles. The smallest absolute Gasteiger partial charge is 0.0231 e. The Labute approximate surface area is 196 Å². The van der Waals surface area contributed by atoms with E-state index in [-0.39, 0.29) is 0 Å². The molecule has 0 heterocycles. The van der Waals surface area contributed by atoms with Gasteiger partial charge in [0.1, 0.15) is 0 Å². The fourth-order valence-corrected chi connectivity index (χ4v) is 3.83. The van der Waals surface area contributed by atoms with Crippen LogP contribution < -0.4 is 0 Å². The summed E-state index contributed by atoms with van der Waals surface area (Å²) in [6.45, 7) is 0. The first-order chi connectivity index (χ1) is 12.0. The van der Waals surface area contributed by atoms with Crippen LogP contribution in [0.15, 0.2) is 67.3 Å². The summed E-state index contributed by atoms with van der Waals surface area (Å²) < 4.78 is 2.22. The van der Waals surface area contributed by atoms with Crippen molar-refractivity contribution >= 4 is 95.4 Å². The summed E-state index contributed by atoms with van der Waals surface area (Å²) in [5.41, 5.74) is 0. The highest BCUT2D eigenvalue weighted by Crippen LogP contribution is 2.21. The van der Waals surface area contributed by atoms with E-state index in [1.165, 1.54) is 4.90 Å². The van der Waals surface area contributed by atoms with E-state index in [4.69, 9.17) is 23.2 Å². The number of hydrogen-bond acceptors (Lipinski definition) is 2. The third-order valence-electron chi connectivity index (χ3n) is 2.45. The maximum Gasteiger partial charge on any atom is 0.0231 e. The molecule has 2 aromatic rings. The Hall–Kier alpha value is 1.16. The van der Waals surface area contributed by atoms with E-state index in [1.54, 1.807) is 0 Å². The van der Waals surface area contributed by atoms with Gasteiger partial charge in [-0.15, -0.1) is 47.6 Å². The van der Waals surface area contributed by atoms with Crippen molar-refractivity contribution < 1.29 is 0 Å². The average molecular weight is 612 g/mol. The monoisotopic (exact) mass is 608 g/mol. The van der Waals surface area contributed by atoms with Crippen molar-refractivity contribution in [1.82, 2.24) is 0 Å². The molecule has 140 valence electrons. The summed E-state index contributed by atoms with van der Waals surface area (Å²) in [5, 5.41) is 1.02. The van der Waals surface area contributed by atoms with Gasteiger partial charge in [0.15, 0.2) is 0 Å². The molecule has 0 spiro atoms. The van der Waals surface area contributed by atoms with Crippen molar-refractivity contribution in [2.45, 2.75) is 22.6 Å². The SMILES string of the molecule is ClCCCBr.ClCCCSc1ccc(Br)cc1.Sc1ccc(Br)cc1. The Bertz CT molecular complexity index is 514. The van der Waals surface area contributed by atoms with E-state index in [0.29, 0.717) is 0 Å². The third-order valence-corrected chi connectivity index (χ3v) is 6.00. The highest BCUT2D eigenvalue weighted by Gasteiger charge is 1.92. The van der Waals surface area contributed by atoms with Crippen molar-refractivity contribution in [3.05, 3.63) is 57.5 Å². The van der Waals surface area contributed by atoms with Gasteiger partial charge >= 0.3 is 0 Å². The Morgan fingerprint density at radius 2 is 1.28 bits per heavy atom. The van der Waals surface area contributed by atoms with Crippen LogP contribution in [0.1, 0.15) is 12.8 Å². The molecule has 0 saturated heterocycles. The molecule has 0 aliphatic heterocycles. The van der Waals surface area contributed by atoms with E-state index < -0.39 is 0 Å². The number of alkyl halides is 3. The third kappa shape index (κ3) is 17.0. The number of rotatable bonds is 6. The zero-order chi connectivity index (χ0) is 18.9. The van der Waals surface area contributed by atoms with Gasteiger partial charge in [-0.25, -0.2) is 0 Å². The van der Waals surface area contributed by atoms with Crippen molar-refractivity contribution in [3.63, 3.8) is 0 Å². The Morgan fingerprint density at radius 1 is 0.800 bits per heavy atom. The molecule has 0 fully saturated rings. The highest BCUT2D eigenvalue weighted by molar-refractivity contribution is 9.10. The van der Waals surface area contributed by atoms with Crippen LogP contribution in [0.3, 0.4) is 0 Å². The van der Waals surface area contributed by atoms with E-state index >= 15 is 0 Å². The highest BCUT2D eigenvalue weighted by atomic mass is 79.9. The van der Waals surface area contributed by atoms with Crippen LogP contribution in [0.25, 0.3) is 0 Å². The zero-order valence-corrected chi connectivity index (χ0v) is 21.6. The maximum atomic E-state index is 5.57. The lowest BCUT2D eigenvalue weighted by Crippen LogP contribution is -1.80. The molecule has 2 rings (SSSR count). The molecule has 0 aliphatic carbocycles. The quantitative estimate of drug-likeness (QED) is 0.147. The first kappa shape index (κ1) is 26.2. The molecule has 0 bridgehead atoms. The Morgan fingerprint density at radius 3 is 1.64 bits per heavy atom. The second kappa shape index (κ2) is 18.5. The molecule has 0 radical (unpaired) electrons. The zero-order valence-electron chi connectivity index (χ0n) is 13.6. The molecule has 0 atom stereocenters. The van der Waals surface area contributed by atoms with Gasteiger partial charge in [-0.05, 0) is 67.1 Å². The summed E-state index contributed by atoms with van der Waals surface area (Å²) >= 11 is 26.7. The van der Waals surface area contributed by atoms with Crippen LogP contribution in [0, 0.1) is 0 Å². The van der Waals surface area contributed by atoms with Gasteiger partial charge < -0.3 is 0 Å². The normalized spacial score (nSPS) is 9.52. The van der Waals surface area contributed by atoms with Crippen LogP contribution in [0.2, 0.25) is 0 Å². The van der Waals surface area contributed by atoms with Gasteiger partial charge in [0.2, 0.25) is 0 Å². The maximum absolute atomic E-state index is 5.57. The Balaban J connectivity index is 0.000000382. The molecule has 25 heavy (non-hydrogen) atoms. The predicted molar refractivity (Wildman–Crippen MR) is 131 cm³/mol. The molecule has 0 aliphatic rings. The standard InChI is InChI=1S/C9H10BrClS.C6H5BrS.C3H6BrCl/c10-8-2-4-9(5-3-8)12-7-1-6-11;7-5-1-3-6(8)4-2-5;4-2-1-3-5/h2-5H,1,6-7H2;1-4,8H;1-3H2. The van der Waals surface area contributed by atoms with Crippen LogP contribution >= 0.6 is 95.4 Å². The molecule has 0 saturated carbocycles. The average Bonchev–Trinajstić information content (AvgIpc) is 2.61. The summed E-state index contributed by atoms with van der Waals surface area (Å²) in [5.74, 6) is 2.62. The predicted octanol–water partition coefficient (Wildman–Crippen LogP) is 8.92. The fourth-order valence-electron chi connectivity index (χ4n) is 1.27. The van der Waals surface area contributed by atoms with Gasteiger partial charge in [0.25, 0.3) is 0 Å². The second-order valence-electron chi connectivity index (χ2n) is 4.55. The van der Waals surface area contributed by atoms with Gasteiger partial charge in [-0.3, -0.25) is 0 Å². The molecule has 7 heteroatoms. The number of hydrogen-bond donors (Lipinski definition) is 1. The first-order valence-corrected chi connectivity index (χ1v) is 12.7. The molecule has 0 amide bonds. The largest absolute Gasteiger partial charge is 0.143 e. The minimum absolute atomic E-state index is 0.754. The van der Waals surface area contributed by atoms with Crippen LogP contribution in [-0.2, 0) is 0 Å². The van der Waals surface area contributed by atoms with E-state index in [1.807, 2.05) is 36.0 Å². The molecule has 0 N–H and O–H groups in total. The summed E-state index contributed by atoms with van der Waals surface area (Å²) in [7, 11) is 0. The minimum atomic E-state index is 0.754. The van der Waals surface area contributed by atoms with Crippen LogP contribution in [0.5, 0.6) is 0 Å². The summed E-state index contributed by atoms with van der Waals surface area (Å²) in [6.07, 6.45) is 2.14. The van der Waals surface area contributed by atoms with Gasteiger partial charge in [-0.1, -0.05) is 47.8 Å². The number of thioether (sulfide) groups is 1. The van der Waals surface area contributed by atoms with E-state index in [2.05, 4.69) is 84.7 Å². The van der Waals surface area contributed by atoms with E-state index in [0.717, 1.165) is 49.5 Å². The van der Waals surface area contributed by atoms with Crippen molar-refractivity contribution in [1.29, 1.82) is 0 Å². The van der Waals surface area contributed by atoms with Crippen molar-refractivity contribution in [2.75, 3.05) is 22.8 Å².